The van der Waals surface area contributed by atoms with Crippen molar-refractivity contribution in [2.75, 3.05) is 12.0 Å². The zero-order valence-corrected chi connectivity index (χ0v) is 13.7. The maximum Gasteiger partial charge on any atom is 0.362 e. The van der Waals surface area contributed by atoms with Crippen molar-refractivity contribution in [1.29, 1.82) is 0 Å². The van der Waals surface area contributed by atoms with E-state index in [0.29, 0.717) is 12.1 Å². The second-order valence-corrected chi connectivity index (χ2v) is 5.05. The molecule has 1 aromatic heterocycles. The molecule has 6 heteroatoms. The van der Waals surface area contributed by atoms with Crippen LogP contribution in [0.2, 0.25) is 0 Å². The Balaban J connectivity index is 2.12. The lowest BCUT2D eigenvalue weighted by Crippen LogP contribution is -2.25. The highest BCUT2D eigenvalue weighted by Gasteiger charge is 2.17. The second-order valence-electron chi connectivity index (χ2n) is 5.05. The van der Waals surface area contributed by atoms with Crippen molar-refractivity contribution in [2.45, 2.75) is 20.3 Å². The van der Waals surface area contributed by atoms with Gasteiger partial charge >= 0.3 is 5.97 Å². The molecule has 2 rings (SSSR count). The third-order valence-electron chi connectivity index (χ3n) is 3.14. The Morgan fingerprint density at radius 1 is 1.21 bits per heavy atom. The van der Waals surface area contributed by atoms with E-state index in [1.165, 1.54) is 6.92 Å². The lowest BCUT2D eigenvalue weighted by molar-refractivity contribution is -0.135. The molecule has 0 unspecified atom stereocenters. The van der Waals surface area contributed by atoms with Crippen LogP contribution in [0.25, 0.3) is 0 Å². The molecular weight excluding hydrogens is 306 g/mol. The molecule has 0 saturated heterocycles. The summed E-state index contributed by atoms with van der Waals surface area (Å²) >= 11 is 0. The molecule has 0 spiro atoms. The van der Waals surface area contributed by atoms with Crippen molar-refractivity contribution in [1.82, 2.24) is 4.98 Å². The molecule has 0 aliphatic carbocycles. The number of aromatic nitrogens is 1. The monoisotopic (exact) mass is 325 g/mol. The Hall–Kier alpha value is -3.02. The third-order valence-corrected chi connectivity index (χ3v) is 3.14. The fraction of sp³-hybridized carbons (Fsp3) is 0.222. The molecule has 0 fully saturated rings. The van der Waals surface area contributed by atoms with E-state index < -0.39 is 11.8 Å². The van der Waals surface area contributed by atoms with Crippen molar-refractivity contribution in [3.8, 4) is 0 Å². The Kier molecular flexibility index (Phi) is 6.19. The zero-order valence-electron chi connectivity index (χ0n) is 13.7. The van der Waals surface area contributed by atoms with Gasteiger partial charge in [-0.3, -0.25) is 15.2 Å². The third kappa shape index (κ3) is 5.01. The lowest BCUT2D eigenvalue weighted by Gasteiger charge is -2.06. The summed E-state index contributed by atoms with van der Waals surface area (Å²) in [6.45, 7) is 3.13. The zero-order chi connectivity index (χ0) is 17.4. The van der Waals surface area contributed by atoms with Crippen LogP contribution >= 0.6 is 0 Å². The minimum Gasteiger partial charge on any atom is -0.461 e. The molecule has 2 aromatic rings. The van der Waals surface area contributed by atoms with E-state index in [0.717, 1.165) is 11.3 Å². The Morgan fingerprint density at radius 2 is 2.04 bits per heavy atom. The molecule has 0 bridgehead atoms. The van der Waals surface area contributed by atoms with E-state index in [2.05, 4.69) is 15.5 Å². The van der Waals surface area contributed by atoms with Crippen LogP contribution in [0.4, 0.5) is 5.69 Å². The fourth-order valence-corrected chi connectivity index (χ4v) is 2.05. The van der Waals surface area contributed by atoms with Crippen molar-refractivity contribution in [3.63, 3.8) is 0 Å². The first-order valence-electron chi connectivity index (χ1n) is 7.60. The summed E-state index contributed by atoms with van der Waals surface area (Å²) in [5, 5.41) is 3.89. The summed E-state index contributed by atoms with van der Waals surface area (Å²) in [5.41, 5.74) is 5.14. The highest BCUT2D eigenvalue weighted by Crippen LogP contribution is 2.14. The van der Waals surface area contributed by atoms with Crippen LogP contribution < -0.4 is 5.43 Å². The van der Waals surface area contributed by atoms with Crippen LogP contribution in [-0.2, 0) is 20.7 Å². The van der Waals surface area contributed by atoms with Gasteiger partial charge in [-0.2, -0.15) is 5.10 Å². The number of hydrogen-bond acceptors (Lipinski definition) is 6. The first kappa shape index (κ1) is 17.3. The first-order valence-corrected chi connectivity index (χ1v) is 7.60. The summed E-state index contributed by atoms with van der Waals surface area (Å²) in [6, 6.07) is 13.3. The summed E-state index contributed by atoms with van der Waals surface area (Å²) in [6.07, 6.45) is 2.43. The van der Waals surface area contributed by atoms with Crippen LogP contribution in [0.15, 0.2) is 53.8 Å². The molecule has 1 N–H and O–H groups in total. The molecule has 24 heavy (non-hydrogen) atoms. The molecule has 0 amide bonds. The van der Waals surface area contributed by atoms with E-state index in [9.17, 15) is 9.59 Å². The van der Waals surface area contributed by atoms with Crippen LogP contribution in [-0.4, -0.2) is 29.1 Å². The molecule has 0 aliphatic heterocycles. The molecule has 6 nitrogen and oxygen atoms in total. The van der Waals surface area contributed by atoms with Gasteiger partial charge in [0, 0.05) is 25.2 Å². The molecule has 124 valence electrons. The number of ether oxygens (including phenoxy) is 1. The van der Waals surface area contributed by atoms with E-state index in [1.807, 2.05) is 36.4 Å². The second kappa shape index (κ2) is 8.57. The summed E-state index contributed by atoms with van der Waals surface area (Å²) < 4.78 is 4.82. The number of rotatable bonds is 7. The van der Waals surface area contributed by atoms with Crippen LogP contribution in [0.1, 0.15) is 25.1 Å². The molecule has 0 atom stereocenters. The summed E-state index contributed by atoms with van der Waals surface area (Å²) in [5.74, 6) is -1.19. The molecule has 1 heterocycles. The molecule has 0 radical (unpaired) electrons. The summed E-state index contributed by atoms with van der Waals surface area (Å²) in [4.78, 5) is 27.5. The summed E-state index contributed by atoms with van der Waals surface area (Å²) in [7, 11) is 0. The maximum absolute atomic E-state index is 11.7. The minimum absolute atomic E-state index is 0.185. The fourth-order valence-electron chi connectivity index (χ4n) is 2.05. The van der Waals surface area contributed by atoms with Crippen molar-refractivity contribution in [3.05, 3.63) is 59.9 Å². The first-order chi connectivity index (χ1) is 11.6. The standard InChI is InChI=1S/C18H19N3O3/c1-3-24-18(23)17(13(2)22)21-20-16-9-6-7-14(12-16)11-15-8-4-5-10-19-15/h4-10,12,20H,3,11H2,1-2H3. The smallest absolute Gasteiger partial charge is 0.362 e. The SMILES string of the molecule is CCOC(=O)C(=NNc1cccc(Cc2ccccn2)c1)C(C)=O. The molecule has 0 saturated carbocycles. The van der Waals surface area contributed by atoms with Gasteiger partial charge in [0.05, 0.1) is 12.3 Å². The average molecular weight is 325 g/mol. The van der Waals surface area contributed by atoms with E-state index in [1.54, 1.807) is 19.2 Å². The van der Waals surface area contributed by atoms with Crippen molar-refractivity contribution >= 4 is 23.2 Å². The van der Waals surface area contributed by atoms with Gasteiger partial charge in [0.25, 0.3) is 0 Å². The number of benzene rings is 1. The number of ketones is 1. The van der Waals surface area contributed by atoms with Gasteiger partial charge in [0.2, 0.25) is 5.71 Å². The van der Waals surface area contributed by atoms with Gasteiger partial charge in [-0.05, 0) is 36.8 Å². The number of Topliss-reactive ketones (excluding diaryl/α,β-unsaturated/α-hetero) is 1. The Bertz CT molecular complexity index is 742. The van der Waals surface area contributed by atoms with Gasteiger partial charge in [-0.25, -0.2) is 4.79 Å². The van der Waals surface area contributed by atoms with Gasteiger partial charge in [0.15, 0.2) is 5.78 Å². The topological polar surface area (TPSA) is 80.7 Å². The van der Waals surface area contributed by atoms with Gasteiger partial charge in [0.1, 0.15) is 0 Å². The van der Waals surface area contributed by atoms with E-state index in [-0.39, 0.29) is 12.3 Å². The van der Waals surface area contributed by atoms with E-state index in [4.69, 9.17) is 4.74 Å². The highest BCUT2D eigenvalue weighted by molar-refractivity contribution is 6.64. The predicted molar refractivity (Wildman–Crippen MR) is 91.9 cm³/mol. The number of esters is 1. The minimum atomic E-state index is -0.734. The predicted octanol–water partition coefficient (Wildman–Crippen LogP) is 2.59. The van der Waals surface area contributed by atoms with Gasteiger partial charge in [-0.1, -0.05) is 18.2 Å². The van der Waals surface area contributed by atoms with Gasteiger partial charge in [-0.15, -0.1) is 0 Å². The van der Waals surface area contributed by atoms with Gasteiger partial charge < -0.3 is 4.74 Å². The number of hydrogen-bond donors (Lipinski definition) is 1. The molecule has 0 aliphatic rings. The quantitative estimate of drug-likeness (QED) is 0.366. The number of nitrogens with one attached hydrogen (secondary N) is 1. The Labute approximate surface area is 140 Å². The van der Waals surface area contributed by atoms with Crippen molar-refractivity contribution < 1.29 is 14.3 Å². The number of carbonyl (C=O) groups excluding carboxylic acids is 2. The number of nitrogens with zero attached hydrogens (tertiary/aromatic N) is 2. The molecule has 1 aromatic carbocycles. The average Bonchev–Trinajstić information content (AvgIpc) is 2.56. The molecular formula is C18H19N3O3. The Morgan fingerprint density at radius 3 is 2.71 bits per heavy atom. The van der Waals surface area contributed by atoms with Crippen molar-refractivity contribution in [2.24, 2.45) is 5.10 Å². The van der Waals surface area contributed by atoms with Crippen LogP contribution in [0.5, 0.6) is 0 Å². The van der Waals surface area contributed by atoms with Crippen LogP contribution in [0, 0.1) is 0 Å². The number of pyridine rings is 1. The van der Waals surface area contributed by atoms with Crippen LogP contribution in [0.3, 0.4) is 0 Å². The maximum atomic E-state index is 11.7. The lowest BCUT2D eigenvalue weighted by atomic mass is 10.1. The largest absolute Gasteiger partial charge is 0.461 e. The van der Waals surface area contributed by atoms with E-state index >= 15 is 0 Å². The number of carbonyl (C=O) groups is 2. The normalized spacial score (nSPS) is 11.0. The number of anilines is 1. The number of hydrazone groups is 1. The highest BCUT2D eigenvalue weighted by atomic mass is 16.5.